The molecule has 2 unspecified atom stereocenters. The fourth-order valence-electron chi connectivity index (χ4n) is 10.3. The molecule has 1 aliphatic heterocycles. The van der Waals surface area contributed by atoms with Gasteiger partial charge in [-0.15, -0.1) is 11.3 Å². The van der Waals surface area contributed by atoms with Gasteiger partial charge >= 0.3 is 0 Å². The third kappa shape index (κ3) is 3.82. The van der Waals surface area contributed by atoms with Crippen molar-refractivity contribution in [2.24, 2.45) is 10.9 Å². The van der Waals surface area contributed by atoms with E-state index in [0.717, 1.165) is 17.9 Å². The van der Waals surface area contributed by atoms with E-state index in [1.54, 1.807) is 0 Å². The van der Waals surface area contributed by atoms with E-state index < -0.39 is 0 Å². The van der Waals surface area contributed by atoms with Gasteiger partial charge in [0.1, 0.15) is 5.84 Å². The Morgan fingerprint density at radius 2 is 1.18 bits per heavy atom. The molecule has 0 fully saturated rings. The molecule has 2 atom stereocenters. The minimum Gasteiger partial charge on any atom is -0.307 e. The number of para-hydroxylation sites is 2. The Morgan fingerprint density at radius 1 is 0.527 bits per heavy atom. The first kappa shape index (κ1) is 29.9. The van der Waals surface area contributed by atoms with Crippen LogP contribution in [0.25, 0.3) is 91.5 Å². The lowest BCUT2D eigenvalue weighted by Gasteiger charge is -2.33. The predicted molar refractivity (Wildman–Crippen MR) is 235 cm³/mol. The van der Waals surface area contributed by atoms with Crippen LogP contribution < -0.4 is 0 Å². The van der Waals surface area contributed by atoms with Gasteiger partial charge in [0, 0.05) is 64.5 Å². The van der Waals surface area contributed by atoms with Crippen LogP contribution in [0.1, 0.15) is 29.7 Å². The van der Waals surface area contributed by atoms with Gasteiger partial charge in [-0.25, -0.2) is 4.99 Å². The summed E-state index contributed by atoms with van der Waals surface area (Å²) in [5.74, 6) is 1.44. The Hall–Kier alpha value is -6.49. The van der Waals surface area contributed by atoms with E-state index in [1.165, 1.54) is 102 Å². The first-order chi connectivity index (χ1) is 27.3. The van der Waals surface area contributed by atoms with Crippen LogP contribution in [0.5, 0.6) is 0 Å². The van der Waals surface area contributed by atoms with Gasteiger partial charge in [-0.05, 0) is 52.4 Å². The first-order valence-corrected chi connectivity index (χ1v) is 20.2. The van der Waals surface area contributed by atoms with Crippen LogP contribution in [0, 0.1) is 5.92 Å². The lowest BCUT2D eigenvalue weighted by Crippen LogP contribution is -2.30. The van der Waals surface area contributed by atoms with Crippen molar-refractivity contribution in [3.8, 4) is 0 Å². The van der Waals surface area contributed by atoms with Crippen molar-refractivity contribution < 1.29 is 0 Å². The smallest absolute Gasteiger partial charge is 0.118 e. The molecule has 3 nitrogen and oxygen atoms in total. The van der Waals surface area contributed by atoms with E-state index in [1.807, 2.05) is 11.3 Å². The van der Waals surface area contributed by atoms with Gasteiger partial charge in [0.2, 0.25) is 0 Å². The van der Waals surface area contributed by atoms with Gasteiger partial charge < -0.3 is 4.40 Å². The third-order valence-electron chi connectivity index (χ3n) is 12.6. The van der Waals surface area contributed by atoms with E-state index in [0.29, 0.717) is 0 Å². The predicted octanol–water partition coefficient (Wildman–Crippen LogP) is 14.2. The molecule has 55 heavy (non-hydrogen) atoms. The van der Waals surface area contributed by atoms with Crippen molar-refractivity contribution in [1.82, 2.24) is 8.97 Å². The maximum absolute atomic E-state index is 5.87. The number of aliphatic imine (C=N–C) groups is 1. The molecule has 1 aliphatic rings. The Bertz CT molecular complexity index is 3610. The van der Waals surface area contributed by atoms with E-state index in [9.17, 15) is 0 Å². The highest BCUT2D eigenvalue weighted by Gasteiger charge is 2.38. The highest BCUT2D eigenvalue weighted by atomic mass is 32.1. The monoisotopic (exact) mass is 719 g/mol. The second-order valence-corrected chi connectivity index (χ2v) is 16.4. The van der Waals surface area contributed by atoms with Gasteiger partial charge in [-0.1, -0.05) is 140 Å². The molecule has 4 aromatic heterocycles. The number of aromatic nitrogens is 2. The molecule has 258 valence electrons. The van der Waals surface area contributed by atoms with Crippen LogP contribution >= 0.6 is 11.3 Å². The summed E-state index contributed by atoms with van der Waals surface area (Å²) in [6.45, 7) is 2.36. The summed E-state index contributed by atoms with van der Waals surface area (Å²) in [5, 5.41) is 14.1. The summed E-state index contributed by atoms with van der Waals surface area (Å²) >= 11 is 1.93. The Labute approximate surface area is 320 Å². The molecule has 0 saturated heterocycles. The van der Waals surface area contributed by atoms with E-state index in [-0.39, 0.29) is 11.8 Å². The fourth-order valence-corrected chi connectivity index (χ4v) is 11.7. The van der Waals surface area contributed by atoms with Crippen molar-refractivity contribution in [2.45, 2.75) is 19.3 Å². The lowest BCUT2D eigenvalue weighted by molar-refractivity contribution is 0.573. The maximum Gasteiger partial charge on any atom is 0.118 e. The number of rotatable bonds is 2. The quantitative estimate of drug-likeness (QED) is 0.170. The maximum atomic E-state index is 5.87. The minimum atomic E-state index is 0.145. The lowest BCUT2D eigenvalue weighted by atomic mass is 9.79. The highest BCUT2D eigenvalue weighted by Crippen LogP contribution is 2.53. The summed E-state index contributed by atoms with van der Waals surface area (Å²) in [5.41, 5.74) is 8.78. The molecule has 8 aromatic carbocycles. The van der Waals surface area contributed by atoms with Crippen LogP contribution in [0.2, 0.25) is 0 Å². The van der Waals surface area contributed by atoms with Crippen LogP contribution in [-0.4, -0.2) is 14.8 Å². The molecule has 0 saturated carbocycles. The van der Waals surface area contributed by atoms with Crippen molar-refractivity contribution in [3.05, 3.63) is 168 Å². The minimum absolute atomic E-state index is 0.145. The molecular weight excluding hydrogens is 687 g/mol. The standard InChI is InChI=1S/C51H33N3S/c1-2-33-44(32-24-23-29-13-3-4-15-31(29)27-32)50-46(37-19-9-12-22-43(37)55-50)52-51(33)54-42-21-11-8-18-36(42)40-28-39-35-17-7-10-20-41(35)53-47-34-16-6-5-14-30(34)25-26-38(47)45(48(39)53)49(40)54/h3-28,33,44H,2H2,1H3. The van der Waals surface area contributed by atoms with Crippen molar-refractivity contribution in [3.63, 3.8) is 0 Å². The van der Waals surface area contributed by atoms with Crippen LogP contribution in [0.15, 0.2) is 163 Å². The van der Waals surface area contributed by atoms with Gasteiger partial charge in [0.15, 0.2) is 0 Å². The fraction of sp³-hybridized carbons (Fsp3) is 0.0784. The van der Waals surface area contributed by atoms with E-state index in [2.05, 4.69) is 174 Å². The molecule has 0 radical (unpaired) electrons. The molecule has 0 spiro atoms. The van der Waals surface area contributed by atoms with Gasteiger partial charge in [0.25, 0.3) is 0 Å². The SMILES string of the molecule is CCC1C(n2c3ccccc3c3cc4c5ccccc5n5c6c7ccccc7ccc6c(c32)c45)=Nc2c(sc3ccccc23)C1c1ccc2ccccc2c1. The summed E-state index contributed by atoms with van der Waals surface area (Å²) in [4.78, 5) is 7.24. The highest BCUT2D eigenvalue weighted by molar-refractivity contribution is 7.20. The number of hydrogen-bond acceptors (Lipinski definition) is 2. The van der Waals surface area contributed by atoms with E-state index in [4.69, 9.17) is 4.99 Å². The number of nitrogens with zero attached hydrogens (tertiary/aromatic N) is 3. The van der Waals surface area contributed by atoms with Crippen molar-refractivity contribution >= 4 is 114 Å². The van der Waals surface area contributed by atoms with Gasteiger partial charge in [0.05, 0.1) is 33.3 Å². The topological polar surface area (TPSA) is 21.7 Å². The van der Waals surface area contributed by atoms with Gasteiger partial charge in [-0.2, -0.15) is 0 Å². The molecule has 5 heterocycles. The Kier molecular flexibility index (Phi) is 5.88. The summed E-state index contributed by atoms with van der Waals surface area (Å²) in [6, 6.07) is 58.8. The molecule has 4 heteroatoms. The molecule has 0 aliphatic carbocycles. The second-order valence-electron chi connectivity index (χ2n) is 15.3. The molecule has 13 rings (SSSR count). The average molecular weight is 720 g/mol. The van der Waals surface area contributed by atoms with Crippen LogP contribution in [0.3, 0.4) is 0 Å². The number of thiophene rings is 1. The molecule has 0 N–H and O–H groups in total. The molecule has 0 bridgehead atoms. The second kappa shape index (κ2) is 10.8. The largest absolute Gasteiger partial charge is 0.307 e. The first-order valence-electron chi connectivity index (χ1n) is 19.4. The Balaban J connectivity index is 1.22. The summed E-state index contributed by atoms with van der Waals surface area (Å²) in [7, 11) is 0. The number of benzene rings is 8. The zero-order chi connectivity index (χ0) is 35.9. The van der Waals surface area contributed by atoms with Crippen molar-refractivity contribution in [2.75, 3.05) is 0 Å². The Morgan fingerprint density at radius 3 is 2.02 bits per heavy atom. The van der Waals surface area contributed by atoms with Crippen LogP contribution in [0.4, 0.5) is 5.69 Å². The van der Waals surface area contributed by atoms with Crippen molar-refractivity contribution in [1.29, 1.82) is 0 Å². The third-order valence-corrected chi connectivity index (χ3v) is 13.9. The molecule has 0 amide bonds. The summed E-state index contributed by atoms with van der Waals surface area (Å²) in [6.07, 6.45) is 0.955. The number of fused-ring (bicyclic) bond motifs is 16. The molecular formula is C51H33N3S. The summed E-state index contributed by atoms with van der Waals surface area (Å²) < 4.78 is 6.44. The number of hydrogen-bond donors (Lipinski definition) is 0. The van der Waals surface area contributed by atoms with Crippen LogP contribution in [-0.2, 0) is 0 Å². The molecule has 12 aromatic rings. The normalized spacial score (nSPS) is 16.3. The zero-order valence-electron chi connectivity index (χ0n) is 30.1. The average Bonchev–Trinajstić information content (AvgIpc) is 3.98. The van der Waals surface area contributed by atoms with E-state index >= 15 is 0 Å². The zero-order valence-corrected chi connectivity index (χ0v) is 30.9. The van der Waals surface area contributed by atoms with Gasteiger partial charge in [-0.3, -0.25) is 4.57 Å².